The Morgan fingerprint density at radius 3 is 2.55 bits per heavy atom. The van der Waals surface area contributed by atoms with Gasteiger partial charge in [-0.25, -0.2) is 8.42 Å². The molecule has 1 aliphatic heterocycles. The Hall–Kier alpha value is -2.18. The molecule has 0 spiro atoms. The van der Waals surface area contributed by atoms with Gasteiger partial charge in [0.15, 0.2) is 9.84 Å². The molecule has 6 heteroatoms. The first kappa shape index (κ1) is 21.5. The lowest BCUT2D eigenvalue weighted by Crippen LogP contribution is -2.33. The molecular formula is C23H30N2O3S. The second kappa shape index (κ2) is 9.55. The van der Waals surface area contributed by atoms with Crippen molar-refractivity contribution in [2.45, 2.75) is 44.6 Å². The number of nitrogens with one attached hydrogen (secondary N) is 1. The largest absolute Gasteiger partial charge is 0.322 e. The minimum absolute atomic E-state index is 0.0289. The maximum Gasteiger partial charge on any atom is 0.256 e. The van der Waals surface area contributed by atoms with E-state index in [1.165, 1.54) is 24.5 Å². The van der Waals surface area contributed by atoms with E-state index in [0.29, 0.717) is 12.1 Å². The summed E-state index contributed by atoms with van der Waals surface area (Å²) in [6.07, 6.45) is 3.06. The van der Waals surface area contributed by atoms with Crippen LogP contribution in [0.4, 0.5) is 5.69 Å². The molecule has 1 saturated heterocycles. The minimum Gasteiger partial charge on any atom is -0.322 e. The van der Waals surface area contributed by atoms with Crippen LogP contribution in [0.5, 0.6) is 0 Å². The molecule has 156 valence electrons. The maximum atomic E-state index is 12.7. The zero-order valence-corrected chi connectivity index (χ0v) is 18.0. The third-order valence-corrected chi connectivity index (χ3v) is 7.27. The van der Waals surface area contributed by atoms with Gasteiger partial charge in [0.1, 0.15) is 0 Å². The Labute approximate surface area is 174 Å². The molecule has 1 atom stereocenters. The fraction of sp³-hybridized carbons (Fsp3) is 0.435. The molecule has 1 N–H and O–H groups in total. The van der Waals surface area contributed by atoms with Crippen LogP contribution < -0.4 is 5.32 Å². The Morgan fingerprint density at radius 1 is 1.14 bits per heavy atom. The number of carbonyl (C=O) groups is 1. The van der Waals surface area contributed by atoms with Crippen LogP contribution in [0.15, 0.2) is 53.4 Å². The predicted molar refractivity (Wildman–Crippen MR) is 117 cm³/mol. The van der Waals surface area contributed by atoms with Gasteiger partial charge in [0, 0.05) is 18.8 Å². The lowest BCUT2D eigenvalue weighted by molar-refractivity contribution is 0.102. The predicted octanol–water partition coefficient (Wildman–Crippen LogP) is 4.35. The summed E-state index contributed by atoms with van der Waals surface area (Å²) in [6.45, 7) is 7.28. The topological polar surface area (TPSA) is 66.5 Å². The van der Waals surface area contributed by atoms with Gasteiger partial charge in [-0.3, -0.25) is 9.69 Å². The van der Waals surface area contributed by atoms with E-state index in [-0.39, 0.29) is 16.2 Å². The molecule has 29 heavy (non-hydrogen) atoms. The molecule has 0 radical (unpaired) electrons. The number of benzene rings is 2. The lowest BCUT2D eigenvalue weighted by atomic mass is 10.00. The highest BCUT2D eigenvalue weighted by Gasteiger charge is 2.21. The number of sulfone groups is 1. The van der Waals surface area contributed by atoms with E-state index in [1.807, 2.05) is 31.2 Å². The molecule has 5 nitrogen and oxygen atoms in total. The molecular weight excluding hydrogens is 384 g/mol. The van der Waals surface area contributed by atoms with Crippen LogP contribution in [0.2, 0.25) is 0 Å². The van der Waals surface area contributed by atoms with E-state index in [9.17, 15) is 13.2 Å². The average Bonchev–Trinajstić information content (AvgIpc) is 2.69. The molecule has 0 bridgehead atoms. The first-order chi connectivity index (χ1) is 13.9. The molecule has 3 rings (SSSR count). The van der Waals surface area contributed by atoms with Crippen molar-refractivity contribution in [1.29, 1.82) is 0 Å². The smallest absolute Gasteiger partial charge is 0.256 e. The second-order valence-electron chi connectivity index (χ2n) is 7.95. The summed E-state index contributed by atoms with van der Waals surface area (Å²) < 4.78 is 25.0. The summed E-state index contributed by atoms with van der Waals surface area (Å²) in [7, 11) is -3.47. The molecule has 1 aliphatic rings. The number of nitrogens with zero attached hydrogens (tertiary/aromatic N) is 1. The number of hydrogen-bond acceptors (Lipinski definition) is 4. The van der Waals surface area contributed by atoms with Gasteiger partial charge in [-0.1, -0.05) is 38.1 Å². The summed E-state index contributed by atoms with van der Waals surface area (Å²) in [5, 5.41) is 2.83. The van der Waals surface area contributed by atoms with Gasteiger partial charge in [0.05, 0.1) is 16.2 Å². The van der Waals surface area contributed by atoms with Crippen LogP contribution in [0.1, 0.15) is 49.0 Å². The van der Waals surface area contributed by atoms with E-state index in [1.54, 1.807) is 18.2 Å². The lowest BCUT2D eigenvalue weighted by Gasteiger charge is -2.30. The van der Waals surface area contributed by atoms with E-state index in [0.717, 1.165) is 25.6 Å². The van der Waals surface area contributed by atoms with Crippen molar-refractivity contribution in [2.24, 2.45) is 5.92 Å². The van der Waals surface area contributed by atoms with Gasteiger partial charge >= 0.3 is 0 Å². The van der Waals surface area contributed by atoms with Crippen molar-refractivity contribution in [3.8, 4) is 0 Å². The summed E-state index contributed by atoms with van der Waals surface area (Å²) in [6, 6.07) is 14.2. The first-order valence-electron chi connectivity index (χ1n) is 10.3. The highest BCUT2D eigenvalue weighted by Crippen LogP contribution is 2.21. The molecule has 2 aromatic carbocycles. The van der Waals surface area contributed by atoms with Crippen molar-refractivity contribution in [3.63, 3.8) is 0 Å². The van der Waals surface area contributed by atoms with Gasteiger partial charge in [0.25, 0.3) is 5.91 Å². The minimum atomic E-state index is -3.47. The van der Waals surface area contributed by atoms with Gasteiger partial charge in [-0.2, -0.15) is 0 Å². The number of hydrogen-bond donors (Lipinski definition) is 1. The number of carbonyl (C=O) groups excluding carboxylic acids is 1. The zero-order chi connectivity index (χ0) is 20.9. The van der Waals surface area contributed by atoms with Crippen LogP contribution in [-0.2, 0) is 16.4 Å². The summed E-state index contributed by atoms with van der Waals surface area (Å²) in [4.78, 5) is 15.3. The van der Waals surface area contributed by atoms with Crippen molar-refractivity contribution >= 4 is 21.4 Å². The van der Waals surface area contributed by atoms with Gasteiger partial charge in [-0.15, -0.1) is 0 Å². The van der Waals surface area contributed by atoms with Crippen molar-refractivity contribution in [2.75, 3.05) is 24.2 Å². The number of rotatable bonds is 7. The Bertz CT molecular complexity index is 939. The maximum absolute atomic E-state index is 12.7. The average molecular weight is 415 g/mol. The van der Waals surface area contributed by atoms with Gasteiger partial charge in [-0.05, 0) is 61.6 Å². The standard InChI is InChI=1S/C23H30N2O3S/c1-3-15-29(27,28)22-9-5-4-8-21(22)23(26)24-20-12-10-19(11-13-20)17-25-14-6-7-18(2)16-25/h4-5,8-13,18H,3,6-7,14-17H2,1-2H3,(H,24,26). The number of piperidine rings is 1. The van der Waals surface area contributed by atoms with Crippen LogP contribution in [-0.4, -0.2) is 38.1 Å². The molecule has 2 aromatic rings. The monoisotopic (exact) mass is 414 g/mol. The third-order valence-electron chi connectivity index (χ3n) is 5.30. The SMILES string of the molecule is CCCS(=O)(=O)c1ccccc1C(=O)Nc1ccc(CN2CCCC(C)C2)cc1. The number of likely N-dealkylation sites (tertiary alicyclic amines) is 1. The number of amides is 1. The number of anilines is 1. The molecule has 1 fully saturated rings. The van der Waals surface area contributed by atoms with E-state index < -0.39 is 15.7 Å². The van der Waals surface area contributed by atoms with Crippen LogP contribution in [0.25, 0.3) is 0 Å². The summed E-state index contributed by atoms with van der Waals surface area (Å²) >= 11 is 0. The van der Waals surface area contributed by atoms with Crippen molar-refractivity contribution < 1.29 is 13.2 Å². The quantitative estimate of drug-likeness (QED) is 0.731. The molecule has 1 unspecified atom stereocenters. The zero-order valence-electron chi connectivity index (χ0n) is 17.2. The van der Waals surface area contributed by atoms with Gasteiger partial charge in [0.2, 0.25) is 0 Å². The fourth-order valence-corrected chi connectivity index (χ4v) is 5.42. The van der Waals surface area contributed by atoms with Crippen molar-refractivity contribution in [1.82, 2.24) is 4.90 Å². The Balaban J connectivity index is 1.69. The Kier molecular flexibility index (Phi) is 7.09. The van der Waals surface area contributed by atoms with E-state index in [2.05, 4.69) is 17.1 Å². The second-order valence-corrected chi connectivity index (χ2v) is 10.0. The molecule has 0 saturated carbocycles. The normalized spacial score (nSPS) is 17.8. The van der Waals surface area contributed by atoms with Crippen LogP contribution in [0, 0.1) is 5.92 Å². The molecule has 0 aromatic heterocycles. The highest BCUT2D eigenvalue weighted by atomic mass is 32.2. The third kappa shape index (κ3) is 5.67. The van der Waals surface area contributed by atoms with Crippen LogP contribution >= 0.6 is 0 Å². The first-order valence-corrected chi connectivity index (χ1v) is 12.0. The highest BCUT2D eigenvalue weighted by molar-refractivity contribution is 7.91. The van der Waals surface area contributed by atoms with Crippen LogP contribution in [0.3, 0.4) is 0 Å². The summed E-state index contributed by atoms with van der Waals surface area (Å²) in [5.74, 6) is 0.366. The van der Waals surface area contributed by atoms with E-state index >= 15 is 0 Å². The van der Waals surface area contributed by atoms with Gasteiger partial charge < -0.3 is 5.32 Å². The molecule has 1 amide bonds. The summed E-state index contributed by atoms with van der Waals surface area (Å²) in [5.41, 5.74) is 2.06. The van der Waals surface area contributed by atoms with Crippen molar-refractivity contribution in [3.05, 3.63) is 59.7 Å². The van der Waals surface area contributed by atoms with E-state index in [4.69, 9.17) is 0 Å². The fourth-order valence-electron chi connectivity index (χ4n) is 3.88. The molecule has 0 aliphatic carbocycles. The molecule has 1 heterocycles. The Morgan fingerprint density at radius 2 is 1.86 bits per heavy atom.